The number of hydrogen-bond acceptors (Lipinski definition) is 2. The molecular formula is C32H48N2. The van der Waals surface area contributed by atoms with Crippen molar-refractivity contribution in [3.8, 4) is 0 Å². The van der Waals surface area contributed by atoms with Gasteiger partial charge in [-0.3, -0.25) is 4.99 Å². The quantitative estimate of drug-likeness (QED) is 0.332. The van der Waals surface area contributed by atoms with Crippen molar-refractivity contribution in [3.05, 3.63) is 53.0 Å². The summed E-state index contributed by atoms with van der Waals surface area (Å²) in [4.78, 5) is 7.67. The molecular weight excluding hydrogens is 412 g/mol. The summed E-state index contributed by atoms with van der Waals surface area (Å²) < 4.78 is 0. The molecule has 0 radical (unpaired) electrons. The Morgan fingerprint density at radius 1 is 1.12 bits per heavy atom. The minimum absolute atomic E-state index is 0.222. The number of nitrogens with zero attached hydrogens (tertiary/aromatic N) is 2. The summed E-state index contributed by atoms with van der Waals surface area (Å²) in [5, 5.41) is 0. The molecule has 0 N–H and O–H groups in total. The third kappa shape index (κ3) is 5.71. The Morgan fingerprint density at radius 3 is 2.50 bits per heavy atom. The van der Waals surface area contributed by atoms with E-state index in [2.05, 4.69) is 69.3 Å². The van der Waals surface area contributed by atoms with Crippen LogP contribution >= 0.6 is 0 Å². The number of fused-ring (bicyclic) bond motifs is 1. The van der Waals surface area contributed by atoms with E-state index < -0.39 is 0 Å². The van der Waals surface area contributed by atoms with E-state index in [0.717, 1.165) is 18.9 Å². The Kier molecular flexibility index (Phi) is 8.75. The molecule has 2 fully saturated rings. The molecule has 2 heteroatoms. The van der Waals surface area contributed by atoms with Gasteiger partial charge in [0.1, 0.15) is 0 Å². The van der Waals surface area contributed by atoms with Crippen LogP contribution in [0.3, 0.4) is 0 Å². The molecule has 2 saturated carbocycles. The highest BCUT2D eigenvalue weighted by Gasteiger charge is 2.35. The molecule has 3 aliphatic carbocycles. The molecule has 1 heterocycles. The van der Waals surface area contributed by atoms with Gasteiger partial charge in [-0.15, -0.1) is 5.73 Å². The first kappa shape index (κ1) is 25.3. The molecule has 34 heavy (non-hydrogen) atoms. The zero-order chi connectivity index (χ0) is 24.1. The molecule has 4 aliphatic rings. The van der Waals surface area contributed by atoms with Crippen molar-refractivity contribution in [2.45, 2.75) is 110 Å². The molecule has 0 aromatic heterocycles. The minimum Gasteiger partial charge on any atom is -0.364 e. The molecule has 0 bridgehead atoms. The minimum atomic E-state index is 0.222. The van der Waals surface area contributed by atoms with Crippen LogP contribution in [0.2, 0.25) is 0 Å². The molecule has 4 unspecified atom stereocenters. The SMILES string of the molecule is C=C=C(C1N=CC(C)C1C)N(CCC(C)C1=CCC=C2CCCCC2=C1)C1CCC(CC)CC1. The van der Waals surface area contributed by atoms with Crippen LogP contribution in [-0.2, 0) is 0 Å². The normalized spacial score (nSPS) is 32.0. The average molecular weight is 461 g/mol. The second-order valence-corrected chi connectivity index (χ2v) is 11.5. The van der Waals surface area contributed by atoms with Gasteiger partial charge in [0.15, 0.2) is 0 Å². The van der Waals surface area contributed by atoms with Gasteiger partial charge in [-0.05, 0) is 105 Å². The number of allylic oxidation sites excluding steroid dienone is 6. The summed E-state index contributed by atoms with van der Waals surface area (Å²) in [7, 11) is 0. The zero-order valence-corrected chi connectivity index (χ0v) is 22.4. The van der Waals surface area contributed by atoms with Gasteiger partial charge in [-0.25, -0.2) is 0 Å². The highest BCUT2D eigenvalue weighted by Crippen LogP contribution is 2.37. The van der Waals surface area contributed by atoms with Crippen LogP contribution in [0.5, 0.6) is 0 Å². The second kappa shape index (κ2) is 11.8. The van der Waals surface area contributed by atoms with E-state index in [-0.39, 0.29) is 6.04 Å². The molecule has 0 saturated heterocycles. The molecule has 4 atom stereocenters. The van der Waals surface area contributed by atoms with Crippen molar-refractivity contribution in [1.82, 2.24) is 4.90 Å². The predicted molar refractivity (Wildman–Crippen MR) is 147 cm³/mol. The summed E-state index contributed by atoms with van der Waals surface area (Å²) in [6.45, 7) is 14.7. The van der Waals surface area contributed by atoms with E-state index >= 15 is 0 Å². The maximum Gasteiger partial charge on any atom is 0.0999 e. The molecule has 0 aromatic carbocycles. The monoisotopic (exact) mass is 460 g/mol. The fourth-order valence-corrected chi connectivity index (χ4v) is 6.64. The van der Waals surface area contributed by atoms with E-state index in [9.17, 15) is 0 Å². The van der Waals surface area contributed by atoms with E-state index in [1.807, 2.05) is 0 Å². The average Bonchev–Trinajstić information content (AvgIpc) is 3.06. The Balaban J connectivity index is 1.49. The Hall–Kier alpha value is -1.79. The fourth-order valence-electron chi connectivity index (χ4n) is 6.64. The summed E-state index contributed by atoms with van der Waals surface area (Å²) in [6, 6.07) is 0.838. The van der Waals surface area contributed by atoms with Gasteiger partial charge >= 0.3 is 0 Å². The molecule has 1 aliphatic heterocycles. The zero-order valence-electron chi connectivity index (χ0n) is 22.4. The Bertz CT molecular complexity index is 873. The lowest BCUT2D eigenvalue weighted by Crippen LogP contribution is -2.42. The number of aliphatic imine (C=N–C) groups is 1. The van der Waals surface area contributed by atoms with Crippen molar-refractivity contribution in [1.29, 1.82) is 0 Å². The van der Waals surface area contributed by atoms with E-state index in [1.54, 1.807) is 16.7 Å². The largest absolute Gasteiger partial charge is 0.364 e. The Labute approximate surface area is 209 Å². The van der Waals surface area contributed by atoms with Crippen molar-refractivity contribution >= 4 is 6.21 Å². The molecule has 0 amide bonds. The van der Waals surface area contributed by atoms with E-state index in [4.69, 9.17) is 4.99 Å². The molecule has 2 nitrogen and oxygen atoms in total. The first-order chi connectivity index (χ1) is 16.5. The van der Waals surface area contributed by atoms with Gasteiger partial charge in [-0.1, -0.05) is 58.9 Å². The van der Waals surface area contributed by atoms with Gasteiger partial charge in [0.2, 0.25) is 0 Å². The lowest BCUT2D eigenvalue weighted by atomic mass is 9.82. The first-order valence-electron chi connectivity index (χ1n) is 14.3. The van der Waals surface area contributed by atoms with Crippen LogP contribution in [0.15, 0.2) is 57.9 Å². The molecule has 0 spiro atoms. The lowest BCUT2D eigenvalue weighted by Gasteiger charge is -2.41. The van der Waals surface area contributed by atoms with Crippen LogP contribution in [0.4, 0.5) is 0 Å². The third-order valence-electron chi connectivity index (χ3n) is 9.40. The molecule has 0 aromatic rings. The highest BCUT2D eigenvalue weighted by atomic mass is 15.2. The van der Waals surface area contributed by atoms with Crippen molar-refractivity contribution < 1.29 is 0 Å². The third-order valence-corrected chi connectivity index (χ3v) is 9.40. The first-order valence-corrected chi connectivity index (χ1v) is 14.3. The van der Waals surface area contributed by atoms with Crippen LogP contribution in [-0.4, -0.2) is 29.7 Å². The lowest BCUT2D eigenvalue weighted by molar-refractivity contribution is 0.153. The summed E-state index contributed by atoms with van der Waals surface area (Å²) in [6.07, 6.45) is 23.9. The van der Waals surface area contributed by atoms with Crippen molar-refractivity contribution in [3.63, 3.8) is 0 Å². The van der Waals surface area contributed by atoms with E-state index in [1.165, 1.54) is 69.9 Å². The molecule has 186 valence electrons. The van der Waals surface area contributed by atoms with E-state index in [0.29, 0.717) is 23.8 Å². The van der Waals surface area contributed by atoms with Crippen LogP contribution < -0.4 is 0 Å². The Morgan fingerprint density at radius 2 is 1.85 bits per heavy atom. The fraction of sp³-hybridized carbons (Fsp3) is 0.688. The standard InChI is InChI=1S/C32H48N2/c1-6-26-15-17-30(18-16-26)34(31(7-2)32-25(5)24(4)22-33-32)20-19-23(3)28-14-10-13-27-11-8-9-12-29(27)21-28/h13-14,21-26,30,32H,2,6,8-12,15-20H2,1,3-5H3. The summed E-state index contributed by atoms with van der Waals surface area (Å²) >= 11 is 0. The van der Waals surface area contributed by atoms with Gasteiger partial charge < -0.3 is 4.90 Å². The van der Waals surface area contributed by atoms with Gasteiger partial charge in [0.05, 0.1) is 11.7 Å². The van der Waals surface area contributed by atoms with Gasteiger partial charge in [-0.2, -0.15) is 0 Å². The smallest absolute Gasteiger partial charge is 0.0999 e. The molecule has 4 rings (SSSR count). The van der Waals surface area contributed by atoms with Crippen LogP contribution in [0.1, 0.15) is 98.3 Å². The van der Waals surface area contributed by atoms with Gasteiger partial charge in [0, 0.05) is 18.8 Å². The van der Waals surface area contributed by atoms with Crippen LogP contribution in [0.25, 0.3) is 0 Å². The predicted octanol–water partition coefficient (Wildman–Crippen LogP) is 8.43. The van der Waals surface area contributed by atoms with Gasteiger partial charge in [0.25, 0.3) is 0 Å². The van der Waals surface area contributed by atoms with Crippen molar-refractivity contribution in [2.24, 2.45) is 28.7 Å². The summed E-state index contributed by atoms with van der Waals surface area (Å²) in [5.74, 6) is 2.55. The topological polar surface area (TPSA) is 15.6 Å². The number of hydrogen-bond donors (Lipinski definition) is 0. The van der Waals surface area contributed by atoms with Crippen LogP contribution in [0, 0.1) is 23.7 Å². The highest BCUT2D eigenvalue weighted by molar-refractivity contribution is 5.64. The number of rotatable bonds is 8. The summed E-state index contributed by atoms with van der Waals surface area (Å²) in [5.41, 5.74) is 9.48. The maximum atomic E-state index is 4.96. The van der Waals surface area contributed by atoms with Crippen molar-refractivity contribution in [2.75, 3.05) is 6.54 Å². The second-order valence-electron chi connectivity index (χ2n) is 11.5. The maximum absolute atomic E-state index is 4.96.